The van der Waals surface area contributed by atoms with Crippen LogP contribution in [0.5, 0.6) is 0 Å². The summed E-state index contributed by atoms with van der Waals surface area (Å²) in [5.41, 5.74) is 0. The number of nitrogens with zero attached hydrogens (tertiary/aromatic N) is 2. The summed E-state index contributed by atoms with van der Waals surface area (Å²) in [4.78, 5) is 15.8. The lowest BCUT2D eigenvalue weighted by Crippen LogP contribution is -2.42. The standard InChI is InChI=1S/C12H23BrN2O/c1-10(2)14(3)9-11-4-6-15(7-5-11)12(16)8-13/h10-11H,4-9H2,1-3H3. The molecule has 0 spiro atoms. The van der Waals surface area contributed by atoms with E-state index in [-0.39, 0.29) is 5.91 Å². The average Bonchev–Trinajstić information content (AvgIpc) is 2.28. The SMILES string of the molecule is CC(C)N(C)CC1CCN(C(=O)CBr)CC1. The molecule has 0 saturated carbocycles. The molecule has 3 nitrogen and oxygen atoms in total. The Morgan fingerprint density at radius 3 is 2.44 bits per heavy atom. The van der Waals surface area contributed by atoms with Crippen LogP contribution in [0.25, 0.3) is 0 Å². The molecule has 1 fully saturated rings. The highest BCUT2D eigenvalue weighted by atomic mass is 79.9. The Labute approximate surface area is 107 Å². The number of alkyl halides is 1. The number of rotatable bonds is 4. The molecule has 0 radical (unpaired) electrons. The van der Waals surface area contributed by atoms with Crippen molar-refractivity contribution in [2.75, 3.05) is 32.0 Å². The van der Waals surface area contributed by atoms with Crippen molar-refractivity contribution in [2.24, 2.45) is 5.92 Å². The van der Waals surface area contributed by atoms with Crippen molar-refractivity contribution >= 4 is 21.8 Å². The second-order valence-electron chi connectivity index (χ2n) is 4.99. The van der Waals surface area contributed by atoms with Crippen LogP contribution in [-0.2, 0) is 4.79 Å². The monoisotopic (exact) mass is 290 g/mol. The van der Waals surface area contributed by atoms with Gasteiger partial charge < -0.3 is 9.80 Å². The minimum atomic E-state index is 0.232. The molecule has 0 aromatic heterocycles. The lowest BCUT2D eigenvalue weighted by Gasteiger charge is -2.34. The van der Waals surface area contributed by atoms with E-state index in [0.717, 1.165) is 38.4 Å². The van der Waals surface area contributed by atoms with Gasteiger partial charge in [-0.2, -0.15) is 0 Å². The summed E-state index contributed by atoms with van der Waals surface area (Å²) in [5, 5.41) is 0.462. The molecule has 1 saturated heterocycles. The van der Waals surface area contributed by atoms with Gasteiger partial charge in [-0.3, -0.25) is 4.79 Å². The van der Waals surface area contributed by atoms with E-state index in [1.807, 2.05) is 4.90 Å². The molecule has 0 N–H and O–H groups in total. The fraction of sp³-hybridized carbons (Fsp3) is 0.917. The highest BCUT2D eigenvalue weighted by Crippen LogP contribution is 2.19. The molecule has 0 aliphatic carbocycles. The predicted octanol–water partition coefficient (Wildman–Crippen LogP) is 1.96. The third kappa shape index (κ3) is 4.06. The van der Waals surface area contributed by atoms with Gasteiger partial charge in [0.1, 0.15) is 0 Å². The second kappa shape index (κ2) is 6.60. The van der Waals surface area contributed by atoms with E-state index in [4.69, 9.17) is 0 Å². The molecule has 1 heterocycles. The van der Waals surface area contributed by atoms with Crippen LogP contribution >= 0.6 is 15.9 Å². The molecule has 16 heavy (non-hydrogen) atoms. The number of carbonyl (C=O) groups excluding carboxylic acids is 1. The summed E-state index contributed by atoms with van der Waals surface area (Å²) in [6.45, 7) is 7.48. The molecule has 1 rings (SSSR count). The summed E-state index contributed by atoms with van der Waals surface area (Å²) >= 11 is 3.23. The molecule has 0 bridgehead atoms. The summed E-state index contributed by atoms with van der Waals surface area (Å²) in [6.07, 6.45) is 2.30. The van der Waals surface area contributed by atoms with Crippen molar-refractivity contribution in [2.45, 2.75) is 32.7 Å². The Hall–Kier alpha value is -0.0900. The van der Waals surface area contributed by atoms with Crippen LogP contribution in [0, 0.1) is 5.92 Å². The zero-order valence-electron chi connectivity index (χ0n) is 10.6. The molecular weight excluding hydrogens is 268 g/mol. The van der Waals surface area contributed by atoms with Crippen molar-refractivity contribution in [3.8, 4) is 0 Å². The van der Waals surface area contributed by atoms with Gasteiger partial charge in [0.2, 0.25) is 5.91 Å². The Morgan fingerprint density at radius 1 is 1.44 bits per heavy atom. The van der Waals surface area contributed by atoms with Crippen LogP contribution < -0.4 is 0 Å². The van der Waals surface area contributed by atoms with E-state index in [0.29, 0.717) is 11.4 Å². The molecule has 0 unspecified atom stereocenters. The number of hydrogen-bond donors (Lipinski definition) is 0. The highest BCUT2D eigenvalue weighted by Gasteiger charge is 2.23. The Bertz CT molecular complexity index is 225. The van der Waals surface area contributed by atoms with Gasteiger partial charge in [0.25, 0.3) is 0 Å². The van der Waals surface area contributed by atoms with Gasteiger partial charge in [-0.15, -0.1) is 0 Å². The lowest BCUT2D eigenvalue weighted by atomic mass is 9.96. The van der Waals surface area contributed by atoms with E-state index < -0.39 is 0 Å². The fourth-order valence-corrected chi connectivity index (χ4v) is 2.42. The quantitative estimate of drug-likeness (QED) is 0.739. The minimum Gasteiger partial charge on any atom is -0.342 e. The van der Waals surface area contributed by atoms with Crippen molar-refractivity contribution in [1.82, 2.24) is 9.80 Å². The van der Waals surface area contributed by atoms with Gasteiger partial charge in [-0.05, 0) is 39.7 Å². The Kier molecular flexibility index (Phi) is 5.76. The summed E-state index contributed by atoms with van der Waals surface area (Å²) < 4.78 is 0. The number of hydrogen-bond acceptors (Lipinski definition) is 2. The maximum Gasteiger partial charge on any atom is 0.233 e. The normalized spacial score (nSPS) is 18.5. The fourth-order valence-electron chi connectivity index (χ4n) is 2.07. The first-order chi connectivity index (χ1) is 7.54. The first-order valence-electron chi connectivity index (χ1n) is 6.08. The van der Waals surface area contributed by atoms with Gasteiger partial charge >= 0.3 is 0 Å². The third-order valence-corrected chi connectivity index (χ3v) is 3.99. The van der Waals surface area contributed by atoms with Crippen LogP contribution in [0.3, 0.4) is 0 Å². The average molecular weight is 291 g/mol. The first-order valence-corrected chi connectivity index (χ1v) is 7.20. The Balaban J connectivity index is 2.29. The lowest BCUT2D eigenvalue weighted by molar-refractivity contribution is -0.129. The van der Waals surface area contributed by atoms with E-state index >= 15 is 0 Å². The molecule has 1 aliphatic rings. The largest absolute Gasteiger partial charge is 0.342 e. The Morgan fingerprint density at radius 2 is 2.00 bits per heavy atom. The number of piperidine rings is 1. The van der Waals surface area contributed by atoms with Gasteiger partial charge in [-0.25, -0.2) is 0 Å². The molecule has 4 heteroatoms. The van der Waals surface area contributed by atoms with E-state index in [1.54, 1.807) is 0 Å². The van der Waals surface area contributed by atoms with Gasteiger partial charge in [0.15, 0.2) is 0 Å². The zero-order valence-corrected chi connectivity index (χ0v) is 12.2. The topological polar surface area (TPSA) is 23.6 Å². The maximum absolute atomic E-state index is 11.5. The number of amides is 1. The van der Waals surface area contributed by atoms with Crippen LogP contribution in [0.1, 0.15) is 26.7 Å². The molecule has 0 aromatic carbocycles. The maximum atomic E-state index is 11.5. The molecule has 1 aliphatic heterocycles. The zero-order chi connectivity index (χ0) is 12.1. The summed E-state index contributed by atoms with van der Waals surface area (Å²) in [6, 6.07) is 0.613. The molecular formula is C12H23BrN2O. The van der Waals surface area contributed by atoms with E-state index in [1.165, 1.54) is 0 Å². The number of halogens is 1. The number of carbonyl (C=O) groups is 1. The number of likely N-dealkylation sites (tertiary alicyclic amines) is 1. The molecule has 0 aromatic rings. The van der Waals surface area contributed by atoms with Crippen molar-refractivity contribution in [3.05, 3.63) is 0 Å². The van der Waals surface area contributed by atoms with Gasteiger partial charge in [0.05, 0.1) is 5.33 Å². The smallest absolute Gasteiger partial charge is 0.233 e. The highest BCUT2D eigenvalue weighted by molar-refractivity contribution is 9.09. The summed E-state index contributed by atoms with van der Waals surface area (Å²) in [5.74, 6) is 0.988. The minimum absolute atomic E-state index is 0.232. The molecule has 0 atom stereocenters. The first kappa shape index (κ1) is 14.0. The third-order valence-electron chi connectivity index (χ3n) is 3.51. The van der Waals surface area contributed by atoms with Gasteiger partial charge in [0, 0.05) is 25.7 Å². The van der Waals surface area contributed by atoms with Crippen molar-refractivity contribution in [3.63, 3.8) is 0 Å². The molecule has 94 valence electrons. The van der Waals surface area contributed by atoms with Crippen LogP contribution in [0.2, 0.25) is 0 Å². The van der Waals surface area contributed by atoms with Crippen LogP contribution in [0.15, 0.2) is 0 Å². The van der Waals surface area contributed by atoms with E-state index in [2.05, 4.69) is 41.7 Å². The van der Waals surface area contributed by atoms with Gasteiger partial charge in [-0.1, -0.05) is 15.9 Å². The second-order valence-corrected chi connectivity index (χ2v) is 5.55. The predicted molar refractivity (Wildman–Crippen MR) is 70.9 cm³/mol. The van der Waals surface area contributed by atoms with Crippen LogP contribution in [-0.4, -0.2) is 53.8 Å². The van der Waals surface area contributed by atoms with E-state index in [9.17, 15) is 4.79 Å². The van der Waals surface area contributed by atoms with Crippen molar-refractivity contribution in [1.29, 1.82) is 0 Å². The van der Waals surface area contributed by atoms with Crippen LogP contribution in [0.4, 0.5) is 0 Å². The summed E-state index contributed by atoms with van der Waals surface area (Å²) in [7, 11) is 2.18. The van der Waals surface area contributed by atoms with Crippen molar-refractivity contribution < 1.29 is 4.79 Å². The molecule has 1 amide bonds.